The van der Waals surface area contributed by atoms with Gasteiger partial charge >= 0.3 is 0 Å². The highest BCUT2D eigenvalue weighted by atomic mass is 16.3. The minimum Gasteiger partial charge on any atom is -0.389 e. The van der Waals surface area contributed by atoms with Gasteiger partial charge in [0.1, 0.15) is 11.3 Å². The molecule has 0 aliphatic heterocycles. The number of aliphatic hydroxyl groups is 1. The fourth-order valence-corrected chi connectivity index (χ4v) is 3.46. The Morgan fingerprint density at radius 2 is 2.00 bits per heavy atom. The third kappa shape index (κ3) is 3.94. The lowest BCUT2D eigenvalue weighted by atomic mass is 10.1. The van der Waals surface area contributed by atoms with Gasteiger partial charge in [0.2, 0.25) is 5.91 Å². The van der Waals surface area contributed by atoms with Crippen LogP contribution < -0.4 is 5.73 Å². The van der Waals surface area contributed by atoms with Crippen LogP contribution in [-0.4, -0.2) is 50.1 Å². The highest BCUT2D eigenvalue weighted by molar-refractivity contribution is 6.06. The molecule has 0 bridgehead atoms. The van der Waals surface area contributed by atoms with Gasteiger partial charge in [0.15, 0.2) is 5.82 Å². The maximum absolute atomic E-state index is 11.9. The van der Waals surface area contributed by atoms with Crippen molar-refractivity contribution >= 4 is 33.7 Å². The van der Waals surface area contributed by atoms with E-state index in [1.165, 1.54) is 0 Å². The summed E-state index contributed by atoms with van der Waals surface area (Å²) in [5.74, 6) is 1.35. The molecule has 28 heavy (non-hydrogen) atoms. The first kappa shape index (κ1) is 20.1. The number of aryl methyl sites for hydroxylation is 2. The molecule has 0 saturated carbocycles. The number of carbonyl (C=O) groups is 1. The van der Waals surface area contributed by atoms with Crippen LogP contribution in [0.1, 0.15) is 38.6 Å². The van der Waals surface area contributed by atoms with Crippen molar-refractivity contribution in [1.29, 1.82) is 0 Å². The Kier molecular flexibility index (Phi) is 5.30. The van der Waals surface area contributed by atoms with E-state index in [0.29, 0.717) is 30.7 Å². The molecule has 7 nitrogen and oxygen atoms in total. The van der Waals surface area contributed by atoms with Crippen LogP contribution in [0.2, 0.25) is 0 Å². The summed E-state index contributed by atoms with van der Waals surface area (Å²) in [5.41, 5.74) is 8.73. The maximum Gasteiger partial charge on any atom is 0.222 e. The molecule has 3 aromatic rings. The van der Waals surface area contributed by atoms with Crippen LogP contribution in [0.25, 0.3) is 21.9 Å². The lowest BCUT2D eigenvalue weighted by Gasteiger charge is -2.20. The molecule has 0 spiro atoms. The van der Waals surface area contributed by atoms with E-state index in [9.17, 15) is 9.90 Å². The van der Waals surface area contributed by atoms with E-state index in [2.05, 4.69) is 9.97 Å². The number of amides is 1. The molecule has 3 rings (SSSR count). The number of nitrogen functional groups attached to an aromatic ring is 1. The Balaban J connectivity index is 2.12. The number of nitrogens with zero attached hydrogens (tertiary/aromatic N) is 4. The largest absolute Gasteiger partial charge is 0.389 e. The minimum atomic E-state index is -0.881. The number of hydrogen-bond donors (Lipinski definition) is 2. The van der Waals surface area contributed by atoms with Crippen molar-refractivity contribution in [2.45, 2.75) is 52.2 Å². The van der Waals surface area contributed by atoms with Gasteiger partial charge in [-0.05, 0) is 31.9 Å². The fraction of sp³-hybridized carbons (Fsp3) is 0.476. The van der Waals surface area contributed by atoms with E-state index in [1.807, 2.05) is 29.7 Å². The summed E-state index contributed by atoms with van der Waals surface area (Å²) in [7, 11) is 3.52. The molecule has 0 aliphatic rings. The van der Waals surface area contributed by atoms with Crippen LogP contribution in [-0.2, 0) is 24.2 Å². The summed E-state index contributed by atoms with van der Waals surface area (Å²) in [6, 6.07) is 6.03. The minimum absolute atomic E-state index is 0.0962. The van der Waals surface area contributed by atoms with Crippen LogP contribution in [0.4, 0.5) is 5.82 Å². The average molecular weight is 383 g/mol. The molecule has 0 unspecified atom stereocenters. The Hall–Kier alpha value is -2.67. The number of carbonyl (C=O) groups excluding carboxylic acids is 1. The number of pyridine rings is 1. The van der Waals surface area contributed by atoms with Crippen molar-refractivity contribution in [1.82, 2.24) is 19.4 Å². The predicted octanol–water partition coefficient (Wildman–Crippen LogP) is 2.52. The number of imidazole rings is 1. The molecular formula is C21H29N5O2. The van der Waals surface area contributed by atoms with Gasteiger partial charge in [-0.15, -0.1) is 0 Å². The van der Waals surface area contributed by atoms with Crippen LogP contribution in [0.5, 0.6) is 0 Å². The van der Waals surface area contributed by atoms with E-state index in [4.69, 9.17) is 5.73 Å². The Morgan fingerprint density at radius 1 is 1.29 bits per heavy atom. The van der Waals surface area contributed by atoms with Gasteiger partial charge in [0.05, 0.1) is 23.2 Å². The van der Waals surface area contributed by atoms with E-state index in [0.717, 1.165) is 34.2 Å². The number of aromatic nitrogens is 3. The first-order valence-electron chi connectivity index (χ1n) is 9.60. The summed E-state index contributed by atoms with van der Waals surface area (Å²) in [6.07, 6.45) is 1.83. The number of fused-ring (bicyclic) bond motifs is 3. The first-order chi connectivity index (χ1) is 13.1. The number of hydrogen-bond acceptors (Lipinski definition) is 5. The number of rotatable bonds is 6. The molecule has 2 heterocycles. The first-order valence-corrected chi connectivity index (χ1v) is 9.60. The molecule has 7 heteroatoms. The summed E-state index contributed by atoms with van der Waals surface area (Å²) < 4.78 is 2.05. The SMILES string of the molecule is CCc1nc2c(N)nc3cc(CCC(=O)N(C)C)ccc3c2n1CC(C)(C)O. The van der Waals surface area contributed by atoms with Crippen molar-refractivity contribution in [2.24, 2.45) is 0 Å². The van der Waals surface area contributed by atoms with E-state index >= 15 is 0 Å². The third-order valence-electron chi connectivity index (χ3n) is 4.84. The van der Waals surface area contributed by atoms with Crippen molar-refractivity contribution in [2.75, 3.05) is 19.8 Å². The van der Waals surface area contributed by atoms with Gasteiger partial charge in [-0.2, -0.15) is 0 Å². The van der Waals surface area contributed by atoms with Gasteiger partial charge < -0.3 is 20.3 Å². The highest BCUT2D eigenvalue weighted by Gasteiger charge is 2.22. The second-order valence-electron chi connectivity index (χ2n) is 8.11. The summed E-state index contributed by atoms with van der Waals surface area (Å²) in [5, 5.41) is 11.3. The quantitative estimate of drug-likeness (QED) is 0.682. The molecule has 0 fully saturated rings. The molecule has 0 radical (unpaired) electrons. The predicted molar refractivity (Wildman–Crippen MR) is 112 cm³/mol. The molecular weight excluding hydrogens is 354 g/mol. The monoisotopic (exact) mass is 383 g/mol. The molecule has 3 N–H and O–H groups in total. The molecule has 1 aromatic carbocycles. The molecule has 1 amide bonds. The standard InChI is InChI=1S/C21H29N5O2/c1-6-16-24-18-19(26(16)12-21(2,3)28)14-9-7-13(8-10-17(27)25(4)5)11-15(14)23-20(18)22/h7,9,11,28H,6,8,10,12H2,1-5H3,(H2,22,23). The van der Waals surface area contributed by atoms with Crippen LogP contribution in [0.15, 0.2) is 18.2 Å². The van der Waals surface area contributed by atoms with E-state index in [1.54, 1.807) is 32.8 Å². The zero-order chi connectivity index (χ0) is 20.6. The topological polar surface area (TPSA) is 97.3 Å². The molecule has 150 valence electrons. The zero-order valence-electron chi connectivity index (χ0n) is 17.3. The second kappa shape index (κ2) is 7.39. The van der Waals surface area contributed by atoms with Crippen LogP contribution >= 0.6 is 0 Å². The third-order valence-corrected chi connectivity index (χ3v) is 4.84. The number of anilines is 1. The van der Waals surface area contributed by atoms with Crippen molar-refractivity contribution in [3.63, 3.8) is 0 Å². The van der Waals surface area contributed by atoms with Gasteiger partial charge in [-0.1, -0.05) is 19.1 Å². The zero-order valence-corrected chi connectivity index (χ0v) is 17.3. The van der Waals surface area contributed by atoms with Crippen LogP contribution in [0.3, 0.4) is 0 Å². The van der Waals surface area contributed by atoms with Crippen molar-refractivity contribution in [3.8, 4) is 0 Å². The Labute approximate surface area is 165 Å². The lowest BCUT2D eigenvalue weighted by Crippen LogP contribution is -2.27. The van der Waals surface area contributed by atoms with Crippen molar-refractivity contribution < 1.29 is 9.90 Å². The lowest BCUT2D eigenvalue weighted by molar-refractivity contribution is -0.128. The fourth-order valence-electron chi connectivity index (χ4n) is 3.46. The summed E-state index contributed by atoms with van der Waals surface area (Å²) in [4.78, 5) is 22.7. The molecule has 2 aromatic heterocycles. The average Bonchev–Trinajstić information content (AvgIpc) is 2.97. The van der Waals surface area contributed by atoms with Gasteiger partial charge in [-0.25, -0.2) is 9.97 Å². The van der Waals surface area contributed by atoms with Crippen molar-refractivity contribution in [3.05, 3.63) is 29.6 Å². The van der Waals surface area contributed by atoms with Gasteiger partial charge in [0, 0.05) is 32.3 Å². The van der Waals surface area contributed by atoms with Crippen LogP contribution in [0, 0.1) is 0 Å². The summed E-state index contributed by atoms with van der Waals surface area (Å²) in [6.45, 7) is 6.02. The maximum atomic E-state index is 11.9. The van der Waals surface area contributed by atoms with Gasteiger partial charge in [0.25, 0.3) is 0 Å². The molecule has 0 saturated heterocycles. The normalized spacial score (nSPS) is 12.1. The van der Waals surface area contributed by atoms with E-state index in [-0.39, 0.29) is 5.91 Å². The number of nitrogens with two attached hydrogens (primary N) is 1. The molecule has 0 aliphatic carbocycles. The van der Waals surface area contributed by atoms with E-state index < -0.39 is 5.60 Å². The molecule has 0 atom stereocenters. The highest BCUT2D eigenvalue weighted by Crippen LogP contribution is 2.31. The summed E-state index contributed by atoms with van der Waals surface area (Å²) >= 11 is 0. The Morgan fingerprint density at radius 3 is 2.61 bits per heavy atom. The second-order valence-corrected chi connectivity index (χ2v) is 8.11. The smallest absolute Gasteiger partial charge is 0.222 e. The number of benzene rings is 1. The van der Waals surface area contributed by atoms with Gasteiger partial charge in [-0.3, -0.25) is 4.79 Å². The Bertz CT molecular complexity index is 1030.